The maximum absolute atomic E-state index is 12.9. The Morgan fingerprint density at radius 1 is 0.941 bits per heavy atom. The molecule has 0 unspecified atom stereocenters. The van der Waals surface area contributed by atoms with Crippen molar-refractivity contribution in [2.24, 2.45) is 5.73 Å². The molecular formula is C15H16FN. The lowest BCUT2D eigenvalue weighted by Gasteiger charge is -2.09. The van der Waals surface area contributed by atoms with Gasteiger partial charge in [-0.15, -0.1) is 0 Å². The van der Waals surface area contributed by atoms with Gasteiger partial charge in [-0.05, 0) is 48.2 Å². The average molecular weight is 229 g/mol. The van der Waals surface area contributed by atoms with Crippen LogP contribution in [-0.4, -0.2) is 6.54 Å². The minimum Gasteiger partial charge on any atom is -0.330 e. The maximum atomic E-state index is 12.9. The van der Waals surface area contributed by atoms with Crippen LogP contribution in [0.25, 0.3) is 11.1 Å². The first-order valence-electron chi connectivity index (χ1n) is 5.85. The molecule has 0 aromatic heterocycles. The zero-order valence-corrected chi connectivity index (χ0v) is 9.70. The molecule has 2 heteroatoms. The van der Waals surface area contributed by atoms with Crippen LogP contribution in [0.5, 0.6) is 0 Å². The van der Waals surface area contributed by atoms with Crippen LogP contribution >= 0.6 is 0 Å². The summed E-state index contributed by atoms with van der Waals surface area (Å²) in [6.45, 7) is 0.692. The van der Waals surface area contributed by atoms with Gasteiger partial charge in [0.2, 0.25) is 0 Å². The van der Waals surface area contributed by atoms with Gasteiger partial charge in [0.1, 0.15) is 5.82 Å². The van der Waals surface area contributed by atoms with Crippen molar-refractivity contribution in [2.45, 2.75) is 12.8 Å². The van der Waals surface area contributed by atoms with Gasteiger partial charge in [0.05, 0.1) is 0 Å². The van der Waals surface area contributed by atoms with Crippen molar-refractivity contribution in [3.05, 3.63) is 59.9 Å². The molecular weight excluding hydrogens is 213 g/mol. The van der Waals surface area contributed by atoms with Crippen LogP contribution in [-0.2, 0) is 6.42 Å². The highest BCUT2D eigenvalue weighted by molar-refractivity contribution is 5.67. The second-order valence-electron chi connectivity index (χ2n) is 4.06. The third kappa shape index (κ3) is 2.92. The second-order valence-corrected chi connectivity index (χ2v) is 4.06. The van der Waals surface area contributed by atoms with Crippen molar-refractivity contribution >= 4 is 0 Å². The first-order valence-corrected chi connectivity index (χ1v) is 5.85. The number of halogens is 1. The second kappa shape index (κ2) is 5.60. The van der Waals surface area contributed by atoms with E-state index in [2.05, 4.69) is 12.1 Å². The van der Waals surface area contributed by atoms with Gasteiger partial charge in [-0.2, -0.15) is 0 Å². The molecule has 0 aliphatic heterocycles. The highest BCUT2D eigenvalue weighted by Crippen LogP contribution is 2.24. The molecule has 0 bridgehead atoms. The summed E-state index contributed by atoms with van der Waals surface area (Å²) in [5.74, 6) is -0.201. The highest BCUT2D eigenvalue weighted by Gasteiger charge is 2.04. The van der Waals surface area contributed by atoms with Crippen LogP contribution in [0.2, 0.25) is 0 Å². The van der Waals surface area contributed by atoms with Gasteiger partial charge in [-0.3, -0.25) is 0 Å². The van der Waals surface area contributed by atoms with Crippen molar-refractivity contribution in [3.8, 4) is 11.1 Å². The molecule has 0 atom stereocenters. The Morgan fingerprint density at radius 2 is 1.65 bits per heavy atom. The number of aryl methyl sites for hydroxylation is 1. The topological polar surface area (TPSA) is 26.0 Å². The Balaban J connectivity index is 2.33. The first kappa shape index (κ1) is 11.8. The summed E-state index contributed by atoms with van der Waals surface area (Å²) in [6.07, 6.45) is 1.93. The summed E-state index contributed by atoms with van der Waals surface area (Å²) < 4.78 is 12.9. The van der Waals surface area contributed by atoms with Crippen molar-refractivity contribution in [1.29, 1.82) is 0 Å². The predicted molar refractivity (Wildman–Crippen MR) is 69.2 cm³/mol. The SMILES string of the molecule is NCCCc1ccccc1-c1ccc(F)cc1. The van der Waals surface area contributed by atoms with Crippen LogP contribution < -0.4 is 5.73 Å². The van der Waals surface area contributed by atoms with E-state index < -0.39 is 0 Å². The number of benzene rings is 2. The van der Waals surface area contributed by atoms with E-state index in [-0.39, 0.29) is 5.82 Å². The summed E-state index contributed by atoms with van der Waals surface area (Å²) in [6, 6.07) is 14.8. The number of hydrogen-bond acceptors (Lipinski definition) is 1. The van der Waals surface area contributed by atoms with Gasteiger partial charge in [-0.25, -0.2) is 4.39 Å². The van der Waals surface area contributed by atoms with Crippen molar-refractivity contribution in [2.75, 3.05) is 6.54 Å². The average Bonchev–Trinajstić information content (AvgIpc) is 2.38. The standard InChI is InChI=1S/C15H16FN/c16-14-9-7-13(8-10-14)15-6-2-1-4-12(15)5-3-11-17/h1-2,4,6-10H,3,5,11,17H2. The minimum absolute atomic E-state index is 0.201. The number of nitrogens with two attached hydrogens (primary N) is 1. The van der Waals surface area contributed by atoms with E-state index in [1.807, 2.05) is 24.3 Å². The van der Waals surface area contributed by atoms with E-state index in [9.17, 15) is 4.39 Å². The fraction of sp³-hybridized carbons (Fsp3) is 0.200. The van der Waals surface area contributed by atoms with E-state index in [1.54, 1.807) is 0 Å². The molecule has 0 saturated carbocycles. The normalized spacial score (nSPS) is 10.5. The predicted octanol–water partition coefficient (Wildman–Crippen LogP) is 3.38. The lowest BCUT2D eigenvalue weighted by atomic mass is 9.97. The molecule has 0 fully saturated rings. The summed E-state index contributed by atoms with van der Waals surface area (Å²) in [5, 5.41) is 0. The fourth-order valence-corrected chi connectivity index (χ4v) is 1.94. The maximum Gasteiger partial charge on any atom is 0.123 e. The van der Waals surface area contributed by atoms with Crippen LogP contribution in [0.3, 0.4) is 0 Å². The third-order valence-corrected chi connectivity index (χ3v) is 2.82. The molecule has 0 spiro atoms. The van der Waals surface area contributed by atoms with Gasteiger partial charge in [0.15, 0.2) is 0 Å². The van der Waals surface area contributed by atoms with Gasteiger partial charge in [0.25, 0.3) is 0 Å². The van der Waals surface area contributed by atoms with Crippen molar-refractivity contribution in [3.63, 3.8) is 0 Å². The van der Waals surface area contributed by atoms with E-state index in [1.165, 1.54) is 23.3 Å². The van der Waals surface area contributed by atoms with Gasteiger partial charge in [-0.1, -0.05) is 36.4 Å². The molecule has 0 saturated heterocycles. The summed E-state index contributed by atoms with van der Waals surface area (Å²) in [5.41, 5.74) is 9.03. The molecule has 88 valence electrons. The van der Waals surface area contributed by atoms with Crippen LogP contribution in [0.1, 0.15) is 12.0 Å². The Bertz CT molecular complexity index is 477. The molecule has 0 aliphatic carbocycles. The smallest absolute Gasteiger partial charge is 0.123 e. The van der Waals surface area contributed by atoms with E-state index in [0.29, 0.717) is 6.54 Å². The van der Waals surface area contributed by atoms with E-state index in [4.69, 9.17) is 5.73 Å². The molecule has 2 aromatic carbocycles. The molecule has 0 aliphatic rings. The monoisotopic (exact) mass is 229 g/mol. The molecule has 2 rings (SSSR count). The zero-order chi connectivity index (χ0) is 12.1. The number of rotatable bonds is 4. The minimum atomic E-state index is -0.201. The van der Waals surface area contributed by atoms with Gasteiger partial charge in [0, 0.05) is 0 Å². The summed E-state index contributed by atoms with van der Waals surface area (Å²) >= 11 is 0. The molecule has 0 amide bonds. The highest BCUT2D eigenvalue weighted by atomic mass is 19.1. The Kier molecular flexibility index (Phi) is 3.89. The molecule has 1 nitrogen and oxygen atoms in total. The van der Waals surface area contributed by atoms with E-state index in [0.717, 1.165) is 18.4 Å². The Morgan fingerprint density at radius 3 is 2.35 bits per heavy atom. The number of hydrogen-bond donors (Lipinski definition) is 1. The van der Waals surface area contributed by atoms with E-state index >= 15 is 0 Å². The van der Waals surface area contributed by atoms with Crippen LogP contribution in [0.4, 0.5) is 4.39 Å². The van der Waals surface area contributed by atoms with Crippen molar-refractivity contribution in [1.82, 2.24) is 0 Å². The largest absolute Gasteiger partial charge is 0.330 e. The molecule has 0 heterocycles. The fourth-order valence-electron chi connectivity index (χ4n) is 1.94. The van der Waals surface area contributed by atoms with Gasteiger partial charge >= 0.3 is 0 Å². The van der Waals surface area contributed by atoms with Crippen LogP contribution in [0.15, 0.2) is 48.5 Å². The van der Waals surface area contributed by atoms with Gasteiger partial charge < -0.3 is 5.73 Å². The zero-order valence-electron chi connectivity index (χ0n) is 9.70. The molecule has 2 N–H and O–H groups in total. The first-order chi connectivity index (χ1) is 8.31. The molecule has 17 heavy (non-hydrogen) atoms. The molecule has 2 aromatic rings. The lowest BCUT2D eigenvalue weighted by Crippen LogP contribution is -2.01. The quantitative estimate of drug-likeness (QED) is 0.854. The molecule has 0 radical (unpaired) electrons. The van der Waals surface area contributed by atoms with Crippen LogP contribution in [0, 0.1) is 5.82 Å². The Hall–Kier alpha value is -1.67. The summed E-state index contributed by atoms with van der Waals surface area (Å²) in [4.78, 5) is 0. The summed E-state index contributed by atoms with van der Waals surface area (Å²) in [7, 11) is 0. The van der Waals surface area contributed by atoms with Crippen molar-refractivity contribution < 1.29 is 4.39 Å². The third-order valence-electron chi connectivity index (χ3n) is 2.82. The Labute approximate surface area is 101 Å². The lowest BCUT2D eigenvalue weighted by molar-refractivity contribution is 0.628.